The van der Waals surface area contributed by atoms with Crippen molar-refractivity contribution >= 4 is 22.6 Å². The SMILES string of the molecule is COc1cccc(C(N)c2cc3cccc(Cl)c3o2)c1. The van der Waals surface area contributed by atoms with E-state index in [9.17, 15) is 0 Å². The van der Waals surface area contributed by atoms with Gasteiger partial charge in [-0.3, -0.25) is 0 Å². The van der Waals surface area contributed by atoms with Crippen LogP contribution in [0.3, 0.4) is 0 Å². The Morgan fingerprint density at radius 3 is 2.70 bits per heavy atom. The van der Waals surface area contributed by atoms with Crippen molar-refractivity contribution in [1.82, 2.24) is 0 Å². The summed E-state index contributed by atoms with van der Waals surface area (Å²) in [5, 5.41) is 1.54. The van der Waals surface area contributed by atoms with E-state index in [-0.39, 0.29) is 6.04 Å². The number of fused-ring (bicyclic) bond motifs is 1. The van der Waals surface area contributed by atoms with E-state index in [1.807, 2.05) is 42.5 Å². The molecule has 0 aliphatic heterocycles. The van der Waals surface area contributed by atoms with E-state index >= 15 is 0 Å². The molecule has 2 aromatic carbocycles. The summed E-state index contributed by atoms with van der Waals surface area (Å²) in [4.78, 5) is 0. The first-order valence-electron chi connectivity index (χ1n) is 6.26. The summed E-state index contributed by atoms with van der Waals surface area (Å²) in [6.07, 6.45) is 0. The van der Waals surface area contributed by atoms with Crippen LogP contribution in [-0.2, 0) is 0 Å². The Balaban J connectivity index is 2.03. The number of halogens is 1. The third-order valence-corrected chi connectivity index (χ3v) is 3.57. The maximum atomic E-state index is 6.26. The van der Waals surface area contributed by atoms with Crippen LogP contribution in [0.2, 0.25) is 5.02 Å². The van der Waals surface area contributed by atoms with Crippen molar-refractivity contribution in [3.05, 3.63) is 64.9 Å². The maximum Gasteiger partial charge on any atom is 0.152 e. The lowest BCUT2D eigenvalue weighted by Gasteiger charge is -2.10. The molecule has 1 heterocycles. The lowest BCUT2D eigenvalue weighted by Crippen LogP contribution is -2.10. The molecule has 0 spiro atoms. The molecule has 0 saturated carbocycles. The molecule has 3 rings (SSSR count). The van der Waals surface area contributed by atoms with E-state index in [1.165, 1.54) is 0 Å². The molecule has 3 nitrogen and oxygen atoms in total. The number of para-hydroxylation sites is 1. The minimum atomic E-state index is -0.353. The Hall–Kier alpha value is -1.97. The molecule has 0 aliphatic rings. The molecule has 2 N–H and O–H groups in total. The fraction of sp³-hybridized carbons (Fsp3) is 0.125. The van der Waals surface area contributed by atoms with Gasteiger partial charge >= 0.3 is 0 Å². The van der Waals surface area contributed by atoms with Gasteiger partial charge < -0.3 is 14.9 Å². The summed E-state index contributed by atoms with van der Waals surface area (Å²) in [6.45, 7) is 0. The smallest absolute Gasteiger partial charge is 0.152 e. The van der Waals surface area contributed by atoms with Crippen LogP contribution in [0.15, 0.2) is 52.9 Å². The zero-order valence-corrected chi connectivity index (χ0v) is 11.7. The minimum Gasteiger partial charge on any atom is -0.497 e. The predicted molar refractivity (Wildman–Crippen MR) is 80.2 cm³/mol. The molecule has 102 valence electrons. The Labute approximate surface area is 121 Å². The van der Waals surface area contributed by atoms with Crippen molar-refractivity contribution in [2.24, 2.45) is 5.73 Å². The number of ether oxygens (including phenoxy) is 1. The second-order valence-corrected chi connectivity index (χ2v) is 4.97. The van der Waals surface area contributed by atoms with Crippen molar-refractivity contribution in [3.8, 4) is 5.75 Å². The molecule has 0 fully saturated rings. The van der Waals surface area contributed by atoms with Gasteiger partial charge in [0.25, 0.3) is 0 Å². The van der Waals surface area contributed by atoms with Crippen LogP contribution in [0.1, 0.15) is 17.4 Å². The van der Waals surface area contributed by atoms with Crippen LogP contribution in [0.25, 0.3) is 11.0 Å². The number of methoxy groups -OCH3 is 1. The van der Waals surface area contributed by atoms with Crippen LogP contribution in [0.4, 0.5) is 0 Å². The summed E-state index contributed by atoms with van der Waals surface area (Å²) in [6, 6.07) is 14.8. The van der Waals surface area contributed by atoms with Crippen molar-refractivity contribution in [1.29, 1.82) is 0 Å². The van der Waals surface area contributed by atoms with Gasteiger partial charge in [-0.1, -0.05) is 35.9 Å². The molecule has 1 atom stereocenters. The van der Waals surface area contributed by atoms with Gasteiger partial charge in [-0.25, -0.2) is 0 Å². The van der Waals surface area contributed by atoms with Gasteiger partial charge in [-0.2, -0.15) is 0 Å². The van der Waals surface area contributed by atoms with Crippen LogP contribution < -0.4 is 10.5 Å². The van der Waals surface area contributed by atoms with E-state index < -0.39 is 0 Å². The molecule has 0 aliphatic carbocycles. The monoisotopic (exact) mass is 287 g/mol. The van der Waals surface area contributed by atoms with Crippen molar-refractivity contribution in [2.45, 2.75) is 6.04 Å². The zero-order valence-electron chi connectivity index (χ0n) is 11.0. The average Bonchev–Trinajstić information content (AvgIpc) is 2.92. The molecule has 1 aromatic heterocycles. The van der Waals surface area contributed by atoms with E-state index in [0.29, 0.717) is 16.4 Å². The molecular weight excluding hydrogens is 274 g/mol. The van der Waals surface area contributed by atoms with Gasteiger partial charge in [0.2, 0.25) is 0 Å². The van der Waals surface area contributed by atoms with Gasteiger partial charge in [-0.05, 0) is 29.8 Å². The highest BCUT2D eigenvalue weighted by atomic mass is 35.5. The van der Waals surface area contributed by atoms with Gasteiger partial charge in [-0.15, -0.1) is 0 Å². The molecule has 0 radical (unpaired) electrons. The van der Waals surface area contributed by atoms with E-state index in [4.69, 9.17) is 26.5 Å². The number of furan rings is 1. The number of hydrogen-bond donors (Lipinski definition) is 1. The zero-order chi connectivity index (χ0) is 14.1. The molecular formula is C16H14ClNO2. The van der Waals surface area contributed by atoms with Crippen molar-refractivity contribution < 1.29 is 9.15 Å². The predicted octanol–water partition coefficient (Wildman–Crippen LogP) is 4.14. The first-order valence-corrected chi connectivity index (χ1v) is 6.64. The molecule has 0 saturated heterocycles. The maximum absolute atomic E-state index is 6.26. The lowest BCUT2D eigenvalue weighted by molar-refractivity contribution is 0.413. The summed E-state index contributed by atoms with van der Waals surface area (Å²) in [5.74, 6) is 1.45. The topological polar surface area (TPSA) is 48.4 Å². The third kappa shape index (κ3) is 2.26. The molecule has 20 heavy (non-hydrogen) atoms. The van der Waals surface area contributed by atoms with Crippen LogP contribution in [0, 0.1) is 0 Å². The summed E-state index contributed by atoms with van der Waals surface area (Å²) in [5.41, 5.74) is 7.86. The van der Waals surface area contributed by atoms with E-state index in [0.717, 1.165) is 16.7 Å². The highest BCUT2D eigenvalue weighted by molar-refractivity contribution is 6.34. The minimum absolute atomic E-state index is 0.353. The number of nitrogens with two attached hydrogens (primary N) is 1. The Kier molecular flexibility index (Phi) is 3.38. The van der Waals surface area contributed by atoms with Crippen LogP contribution in [-0.4, -0.2) is 7.11 Å². The Morgan fingerprint density at radius 2 is 1.95 bits per heavy atom. The summed E-state index contributed by atoms with van der Waals surface area (Å²) >= 11 is 6.11. The van der Waals surface area contributed by atoms with Gasteiger partial charge in [0, 0.05) is 5.39 Å². The quantitative estimate of drug-likeness (QED) is 0.787. The van der Waals surface area contributed by atoms with Crippen LogP contribution in [0.5, 0.6) is 5.75 Å². The highest BCUT2D eigenvalue weighted by Crippen LogP contribution is 2.31. The molecule has 4 heteroatoms. The second kappa shape index (κ2) is 5.19. The molecule has 1 unspecified atom stereocenters. The first kappa shape index (κ1) is 13.0. The fourth-order valence-corrected chi connectivity index (χ4v) is 2.42. The van der Waals surface area contributed by atoms with Crippen molar-refractivity contribution in [2.75, 3.05) is 7.11 Å². The largest absolute Gasteiger partial charge is 0.497 e. The molecule has 0 bridgehead atoms. The second-order valence-electron chi connectivity index (χ2n) is 4.56. The van der Waals surface area contributed by atoms with E-state index in [1.54, 1.807) is 13.2 Å². The van der Waals surface area contributed by atoms with Crippen molar-refractivity contribution in [3.63, 3.8) is 0 Å². The van der Waals surface area contributed by atoms with E-state index in [2.05, 4.69) is 0 Å². The number of hydrogen-bond acceptors (Lipinski definition) is 3. The normalized spacial score (nSPS) is 12.6. The van der Waals surface area contributed by atoms with Gasteiger partial charge in [0.15, 0.2) is 5.58 Å². The third-order valence-electron chi connectivity index (χ3n) is 3.27. The number of benzene rings is 2. The lowest BCUT2D eigenvalue weighted by atomic mass is 10.0. The fourth-order valence-electron chi connectivity index (χ4n) is 2.20. The number of rotatable bonds is 3. The molecule has 0 amide bonds. The summed E-state index contributed by atoms with van der Waals surface area (Å²) in [7, 11) is 1.63. The Bertz CT molecular complexity index is 751. The first-order chi connectivity index (χ1) is 9.69. The van der Waals surface area contributed by atoms with Crippen LogP contribution >= 0.6 is 11.6 Å². The van der Waals surface area contributed by atoms with Gasteiger partial charge in [0.05, 0.1) is 18.2 Å². The van der Waals surface area contributed by atoms with Gasteiger partial charge in [0.1, 0.15) is 11.5 Å². The highest BCUT2D eigenvalue weighted by Gasteiger charge is 2.15. The standard InChI is InChI=1S/C16H14ClNO2/c1-19-12-6-2-4-10(8-12)15(18)14-9-11-5-3-7-13(17)16(11)20-14/h2-9,15H,18H2,1H3. The molecule has 3 aromatic rings. The average molecular weight is 288 g/mol. The Morgan fingerprint density at radius 1 is 1.15 bits per heavy atom. The summed E-state index contributed by atoms with van der Waals surface area (Å²) < 4.78 is 11.0.